The average Bonchev–Trinajstić information content (AvgIpc) is 2.69. The first-order valence-electron chi connectivity index (χ1n) is 8.47. The number of hydrogen-bond acceptors (Lipinski definition) is 5. The van der Waals surface area contributed by atoms with Crippen molar-refractivity contribution in [3.63, 3.8) is 0 Å². The number of fused-ring (bicyclic) bond motifs is 1. The van der Waals surface area contributed by atoms with E-state index in [0.717, 1.165) is 48.4 Å². The number of anilines is 1. The first-order valence-corrected chi connectivity index (χ1v) is 8.47. The Morgan fingerprint density at radius 1 is 1.20 bits per heavy atom. The molecule has 1 aliphatic heterocycles. The molecule has 25 heavy (non-hydrogen) atoms. The number of aromatic amines is 1. The smallest absolute Gasteiger partial charge is 0.257 e. The van der Waals surface area contributed by atoms with E-state index < -0.39 is 0 Å². The van der Waals surface area contributed by atoms with Crippen LogP contribution in [0.15, 0.2) is 47.9 Å². The molecule has 4 heterocycles. The molecule has 6 nitrogen and oxygen atoms in total. The van der Waals surface area contributed by atoms with Crippen LogP contribution in [0.1, 0.15) is 24.5 Å². The number of nitrogens with zero attached hydrogens (tertiary/aromatic N) is 4. The van der Waals surface area contributed by atoms with Crippen LogP contribution in [0.5, 0.6) is 0 Å². The fourth-order valence-electron chi connectivity index (χ4n) is 3.16. The number of aryl methyl sites for hydroxylation is 1. The van der Waals surface area contributed by atoms with Gasteiger partial charge in [-0.25, -0.2) is 9.97 Å². The van der Waals surface area contributed by atoms with Crippen molar-refractivity contribution < 1.29 is 0 Å². The lowest BCUT2D eigenvalue weighted by atomic mass is 9.97. The van der Waals surface area contributed by atoms with E-state index in [9.17, 15) is 4.79 Å². The van der Waals surface area contributed by atoms with Crippen molar-refractivity contribution in [1.29, 1.82) is 0 Å². The second kappa shape index (κ2) is 6.47. The largest absolute Gasteiger partial charge is 0.337 e. The van der Waals surface area contributed by atoms with Crippen LogP contribution < -0.4 is 10.5 Å². The van der Waals surface area contributed by atoms with E-state index >= 15 is 0 Å². The minimum Gasteiger partial charge on any atom is -0.337 e. The van der Waals surface area contributed by atoms with E-state index in [1.54, 1.807) is 18.6 Å². The molecule has 0 amide bonds. The van der Waals surface area contributed by atoms with Crippen LogP contribution in [-0.2, 0) is 6.42 Å². The number of H-pyrrole nitrogens is 1. The maximum Gasteiger partial charge on any atom is 0.257 e. The van der Waals surface area contributed by atoms with Gasteiger partial charge < -0.3 is 9.88 Å². The van der Waals surface area contributed by atoms with E-state index in [4.69, 9.17) is 0 Å². The minimum absolute atomic E-state index is 0.103. The van der Waals surface area contributed by atoms with Crippen molar-refractivity contribution in [2.24, 2.45) is 0 Å². The third-order valence-corrected chi connectivity index (χ3v) is 4.64. The third kappa shape index (κ3) is 2.91. The number of nitrogens with one attached hydrogen (secondary N) is 1. The van der Waals surface area contributed by atoms with Crippen molar-refractivity contribution in [3.05, 3.63) is 64.6 Å². The summed E-state index contributed by atoms with van der Waals surface area (Å²) in [5, 5.41) is 1.57. The van der Waals surface area contributed by atoms with Gasteiger partial charge in [-0.2, -0.15) is 0 Å². The Hall–Kier alpha value is -3.02. The van der Waals surface area contributed by atoms with Crippen LogP contribution in [0.3, 0.4) is 0 Å². The summed E-state index contributed by atoms with van der Waals surface area (Å²) in [4.78, 5) is 29.9. The van der Waals surface area contributed by atoms with Gasteiger partial charge in [-0.05, 0) is 35.4 Å². The van der Waals surface area contributed by atoms with Gasteiger partial charge in [0.05, 0.1) is 5.39 Å². The number of aromatic nitrogens is 4. The van der Waals surface area contributed by atoms with Gasteiger partial charge >= 0.3 is 0 Å². The van der Waals surface area contributed by atoms with Gasteiger partial charge in [-0.1, -0.05) is 13.0 Å². The van der Waals surface area contributed by atoms with Gasteiger partial charge in [0, 0.05) is 49.6 Å². The molecule has 0 unspecified atom stereocenters. The average molecular weight is 333 g/mol. The highest BCUT2D eigenvalue weighted by Crippen LogP contribution is 2.27. The summed E-state index contributed by atoms with van der Waals surface area (Å²) in [5.41, 5.74) is 3.34. The SMILES string of the molecule is CCc1cnc(N2CC=C(c3c[nH]c(=O)c4cnccc34)CC2)nc1. The van der Waals surface area contributed by atoms with Gasteiger partial charge in [0.2, 0.25) is 5.95 Å². The molecule has 0 radical (unpaired) electrons. The van der Waals surface area contributed by atoms with Crippen LogP contribution in [0.25, 0.3) is 16.3 Å². The monoisotopic (exact) mass is 333 g/mol. The lowest BCUT2D eigenvalue weighted by Gasteiger charge is -2.27. The van der Waals surface area contributed by atoms with E-state index in [0.29, 0.717) is 5.39 Å². The van der Waals surface area contributed by atoms with Crippen molar-refractivity contribution in [2.75, 3.05) is 18.0 Å². The standard InChI is InChI=1S/C19H19N5O/c1-2-13-9-22-19(23-10-13)24-7-4-14(5-8-24)16-12-21-18(25)17-11-20-6-3-15(16)17/h3-4,6,9-12H,2,5,7-8H2,1H3,(H,21,25). The zero-order valence-corrected chi connectivity index (χ0v) is 14.1. The van der Waals surface area contributed by atoms with Gasteiger partial charge in [-0.3, -0.25) is 9.78 Å². The predicted molar refractivity (Wildman–Crippen MR) is 98.6 cm³/mol. The minimum atomic E-state index is -0.103. The second-order valence-electron chi connectivity index (χ2n) is 6.12. The molecule has 1 aliphatic rings. The molecule has 0 spiro atoms. The highest BCUT2D eigenvalue weighted by atomic mass is 16.1. The van der Waals surface area contributed by atoms with Crippen LogP contribution in [-0.4, -0.2) is 33.0 Å². The van der Waals surface area contributed by atoms with Crippen LogP contribution in [0.4, 0.5) is 5.95 Å². The van der Waals surface area contributed by atoms with Gasteiger partial charge in [0.15, 0.2) is 0 Å². The van der Waals surface area contributed by atoms with Gasteiger partial charge in [0.1, 0.15) is 0 Å². The molecule has 3 aromatic rings. The summed E-state index contributed by atoms with van der Waals surface area (Å²) >= 11 is 0. The summed E-state index contributed by atoms with van der Waals surface area (Å²) in [5.74, 6) is 0.767. The van der Waals surface area contributed by atoms with E-state index in [1.165, 1.54) is 5.57 Å². The van der Waals surface area contributed by atoms with Gasteiger partial charge in [0.25, 0.3) is 5.56 Å². The zero-order valence-electron chi connectivity index (χ0n) is 14.1. The molecule has 0 aromatic carbocycles. The molecule has 0 fully saturated rings. The first-order chi connectivity index (χ1) is 12.3. The van der Waals surface area contributed by atoms with Crippen molar-refractivity contribution in [2.45, 2.75) is 19.8 Å². The Labute approximate surface area is 145 Å². The maximum atomic E-state index is 12.0. The third-order valence-electron chi connectivity index (χ3n) is 4.64. The first kappa shape index (κ1) is 15.5. The van der Waals surface area contributed by atoms with E-state index in [1.807, 2.05) is 18.5 Å². The summed E-state index contributed by atoms with van der Waals surface area (Å²) < 4.78 is 0. The Bertz CT molecular complexity index is 991. The Morgan fingerprint density at radius 2 is 2.04 bits per heavy atom. The Morgan fingerprint density at radius 3 is 2.76 bits per heavy atom. The second-order valence-corrected chi connectivity index (χ2v) is 6.12. The molecule has 4 rings (SSSR count). The fourth-order valence-corrected chi connectivity index (χ4v) is 3.16. The highest BCUT2D eigenvalue weighted by Gasteiger charge is 2.17. The van der Waals surface area contributed by atoms with Gasteiger partial charge in [-0.15, -0.1) is 0 Å². The number of rotatable bonds is 3. The molecule has 0 atom stereocenters. The molecule has 6 heteroatoms. The Balaban J connectivity index is 1.63. The fraction of sp³-hybridized carbons (Fsp3) is 0.263. The van der Waals surface area contributed by atoms with Crippen molar-refractivity contribution in [1.82, 2.24) is 19.9 Å². The molecule has 0 saturated carbocycles. The quantitative estimate of drug-likeness (QED) is 0.797. The molecular weight excluding hydrogens is 314 g/mol. The molecule has 0 bridgehead atoms. The van der Waals surface area contributed by atoms with Crippen molar-refractivity contribution >= 4 is 22.3 Å². The lowest BCUT2D eigenvalue weighted by molar-refractivity contribution is 0.793. The number of hydrogen-bond donors (Lipinski definition) is 1. The lowest BCUT2D eigenvalue weighted by Crippen LogP contribution is -2.30. The summed E-state index contributed by atoms with van der Waals surface area (Å²) in [6.07, 6.45) is 12.9. The molecule has 0 saturated heterocycles. The zero-order chi connectivity index (χ0) is 17.2. The summed E-state index contributed by atoms with van der Waals surface area (Å²) in [6, 6.07) is 1.90. The molecular formula is C19H19N5O. The van der Waals surface area contributed by atoms with Crippen LogP contribution in [0.2, 0.25) is 0 Å². The normalized spacial score (nSPS) is 14.6. The summed E-state index contributed by atoms with van der Waals surface area (Å²) in [7, 11) is 0. The molecule has 1 N–H and O–H groups in total. The highest BCUT2D eigenvalue weighted by molar-refractivity contribution is 5.92. The topological polar surface area (TPSA) is 74.8 Å². The molecule has 0 aliphatic carbocycles. The molecule has 126 valence electrons. The number of pyridine rings is 2. The predicted octanol–water partition coefficient (Wildman–Crippen LogP) is 2.57. The van der Waals surface area contributed by atoms with Crippen LogP contribution in [0, 0.1) is 0 Å². The van der Waals surface area contributed by atoms with E-state index in [-0.39, 0.29) is 5.56 Å². The summed E-state index contributed by atoms with van der Waals surface area (Å²) in [6.45, 7) is 3.70. The Kier molecular flexibility index (Phi) is 4.01. The molecule has 3 aromatic heterocycles. The van der Waals surface area contributed by atoms with Crippen molar-refractivity contribution in [3.8, 4) is 0 Å². The maximum absolute atomic E-state index is 12.0. The van der Waals surface area contributed by atoms with E-state index in [2.05, 4.69) is 37.8 Å². The van der Waals surface area contributed by atoms with Crippen LogP contribution >= 0.6 is 0 Å².